The van der Waals surface area contributed by atoms with Gasteiger partial charge >= 0.3 is 5.97 Å². The number of ketones is 2. The summed E-state index contributed by atoms with van der Waals surface area (Å²) in [4.78, 5) is 49.4. The zero-order valence-corrected chi connectivity index (χ0v) is 23.2. The van der Waals surface area contributed by atoms with E-state index in [9.17, 15) is 39.6 Å². The summed E-state index contributed by atoms with van der Waals surface area (Å²) in [5.41, 5.74) is 0.563. The van der Waals surface area contributed by atoms with Crippen LogP contribution in [0.1, 0.15) is 65.7 Å². The van der Waals surface area contributed by atoms with Gasteiger partial charge in [-0.2, -0.15) is 0 Å². The van der Waals surface area contributed by atoms with E-state index in [4.69, 9.17) is 9.47 Å². The first-order valence-corrected chi connectivity index (χ1v) is 14.4. The normalized spacial score (nSPS) is 46.5. The number of fused-ring (bicyclic) bond motifs is 5. The molecule has 5 rings (SSSR count). The Kier molecular flexibility index (Phi) is 7.76. The maximum atomic E-state index is 13.5. The van der Waals surface area contributed by atoms with Crippen molar-refractivity contribution in [2.75, 3.05) is 6.61 Å². The molecule has 0 bridgehead atoms. The largest absolute Gasteiger partial charge is 0.479 e. The van der Waals surface area contributed by atoms with Crippen molar-refractivity contribution >= 4 is 23.4 Å². The van der Waals surface area contributed by atoms with Crippen LogP contribution in [0.4, 0.5) is 0 Å². The molecule has 1 heterocycles. The van der Waals surface area contributed by atoms with Crippen molar-refractivity contribution in [3.05, 3.63) is 11.6 Å². The van der Waals surface area contributed by atoms with Crippen LogP contribution in [0, 0.1) is 34.5 Å². The van der Waals surface area contributed by atoms with E-state index in [0.717, 1.165) is 37.7 Å². The molecule has 1 unspecified atom stereocenters. The third-order valence-electron chi connectivity index (χ3n) is 11.0. The monoisotopic (exact) mass is 563 g/mol. The van der Waals surface area contributed by atoms with E-state index >= 15 is 0 Å². The molecule has 0 aromatic carbocycles. The summed E-state index contributed by atoms with van der Waals surface area (Å²) in [7, 11) is 0. The molecule has 0 radical (unpaired) electrons. The van der Waals surface area contributed by atoms with Crippen molar-refractivity contribution in [2.24, 2.45) is 34.5 Å². The van der Waals surface area contributed by atoms with E-state index in [2.05, 4.69) is 19.2 Å². The Balaban J connectivity index is 1.31. The van der Waals surface area contributed by atoms with Gasteiger partial charge in [-0.15, -0.1) is 0 Å². The lowest BCUT2D eigenvalue weighted by Gasteiger charge is -2.59. The minimum Gasteiger partial charge on any atom is -0.479 e. The average molecular weight is 564 g/mol. The lowest BCUT2D eigenvalue weighted by atomic mass is 9.46. The average Bonchev–Trinajstić information content (AvgIpc) is 3.24. The summed E-state index contributed by atoms with van der Waals surface area (Å²) in [6.45, 7) is 5.46. The van der Waals surface area contributed by atoms with Gasteiger partial charge in [-0.25, -0.2) is 4.79 Å². The van der Waals surface area contributed by atoms with Crippen LogP contribution in [0.25, 0.3) is 0 Å². The van der Waals surface area contributed by atoms with Crippen LogP contribution < -0.4 is 5.32 Å². The number of carbonyl (C=O) groups excluding carboxylic acids is 3. The van der Waals surface area contributed by atoms with Gasteiger partial charge in [0.25, 0.3) is 0 Å². The van der Waals surface area contributed by atoms with Crippen molar-refractivity contribution < 1.29 is 49.1 Å². The maximum Gasteiger partial charge on any atom is 0.335 e. The van der Waals surface area contributed by atoms with E-state index in [1.165, 1.54) is 6.92 Å². The predicted octanol–water partition coefficient (Wildman–Crippen LogP) is 0.727. The number of carbonyl (C=O) groups is 4. The van der Waals surface area contributed by atoms with Gasteiger partial charge in [0.05, 0.1) is 6.04 Å². The summed E-state index contributed by atoms with van der Waals surface area (Å²) in [5.74, 6) is -1.13. The molecule has 1 aliphatic heterocycles. The lowest BCUT2D eigenvalue weighted by Crippen LogP contribution is -2.60. The molecule has 4 aliphatic carbocycles. The van der Waals surface area contributed by atoms with Gasteiger partial charge < -0.3 is 35.2 Å². The molecule has 4 fully saturated rings. The molecule has 0 aromatic rings. The van der Waals surface area contributed by atoms with E-state index in [-0.39, 0.29) is 52.1 Å². The first-order valence-electron chi connectivity index (χ1n) is 14.4. The second-order valence-corrected chi connectivity index (χ2v) is 13.0. The second kappa shape index (κ2) is 10.6. The predicted molar refractivity (Wildman–Crippen MR) is 138 cm³/mol. The summed E-state index contributed by atoms with van der Waals surface area (Å²) < 4.78 is 10.7. The number of hydrogen-bond acceptors (Lipinski definition) is 9. The topological polar surface area (TPSA) is 180 Å². The standard InChI is InChI=1S/C29H41NO10/c1-13(31)30-20-11-15-16-4-5-18(21(33)12-39-27-24(36)22(34)23(35)25(40-27)26(37)38)28(16,2)9-7-17(15)29(3)8-6-14(32)10-19(20)29/h10,15-18,20,22-25,27,34-36H,4-9,11-12H2,1-3H3,(H,30,31)(H,37,38)/t15-,16-,17-,18+,20-,22-,23-,24+,25-,27?,28-,29+/m0/s1. The number of nitrogens with one attached hydrogen (secondary N) is 1. The number of carboxylic acid groups (broad SMARTS) is 1. The molecule has 12 atom stereocenters. The number of ether oxygens (including phenoxy) is 2. The van der Waals surface area contributed by atoms with Gasteiger partial charge in [0, 0.05) is 19.3 Å². The van der Waals surface area contributed by atoms with Crippen LogP contribution in [0.2, 0.25) is 0 Å². The van der Waals surface area contributed by atoms with E-state index in [0.29, 0.717) is 18.8 Å². The molecule has 1 amide bonds. The number of Topliss-reactive ketones (excluding diaryl/α,β-unsaturated/α-hetero) is 1. The minimum absolute atomic E-state index is 0.109. The SMILES string of the molecule is CC(=O)N[C@H]1C[C@H]2[C@@H]3CC[C@H](C(=O)COC4O[C@H](C(=O)O)[C@@H](O)[C@H](O)[C@H]4O)[C@@]3(C)CC[C@@H]2[C@@]2(C)CCC(=O)C=C12. The Hall–Kier alpha value is -2.18. The number of aliphatic hydroxyl groups excluding tert-OH is 3. The molecule has 3 saturated carbocycles. The lowest BCUT2D eigenvalue weighted by molar-refractivity contribution is -0.292. The Morgan fingerprint density at radius 2 is 1.77 bits per heavy atom. The fourth-order valence-corrected chi connectivity index (χ4v) is 9.01. The third kappa shape index (κ3) is 4.73. The zero-order valence-electron chi connectivity index (χ0n) is 23.2. The fourth-order valence-electron chi connectivity index (χ4n) is 9.01. The highest BCUT2D eigenvalue weighted by Gasteiger charge is 2.61. The Bertz CT molecular complexity index is 1110. The number of hydrogen-bond donors (Lipinski definition) is 5. The molecule has 11 heteroatoms. The van der Waals surface area contributed by atoms with Gasteiger partial charge in [-0.05, 0) is 78.8 Å². The Labute approximate surface area is 233 Å². The molecule has 222 valence electrons. The highest BCUT2D eigenvalue weighted by Crippen LogP contribution is 2.66. The minimum atomic E-state index is -1.83. The summed E-state index contributed by atoms with van der Waals surface area (Å²) in [5, 5.41) is 42.6. The molecule has 40 heavy (non-hydrogen) atoms. The van der Waals surface area contributed by atoms with Gasteiger partial charge in [0.15, 0.2) is 24.0 Å². The number of amides is 1. The third-order valence-corrected chi connectivity index (χ3v) is 11.0. The molecule has 11 nitrogen and oxygen atoms in total. The molecule has 1 saturated heterocycles. The molecule has 5 N–H and O–H groups in total. The molecule has 0 aromatic heterocycles. The number of rotatable bonds is 6. The summed E-state index contributed by atoms with van der Waals surface area (Å²) >= 11 is 0. The zero-order chi connectivity index (χ0) is 29.1. The van der Waals surface area contributed by atoms with Crippen LogP contribution >= 0.6 is 0 Å². The first kappa shape index (κ1) is 29.3. The fraction of sp³-hybridized carbons (Fsp3) is 0.793. The van der Waals surface area contributed by atoms with Crippen LogP contribution in [0.15, 0.2) is 11.6 Å². The quantitative estimate of drug-likeness (QED) is 0.309. The van der Waals surface area contributed by atoms with Crippen molar-refractivity contribution in [1.82, 2.24) is 5.32 Å². The molecular formula is C29H41NO10. The maximum absolute atomic E-state index is 13.5. The van der Waals surface area contributed by atoms with Crippen LogP contribution in [0.3, 0.4) is 0 Å². The number of carboxylic acids is 1. The van der Waals surface area contributed by atoms with E-state index in [1.807, 2.05) is 0 Å². The van der Waals surface area contributed by atoms with E-state index in [1.54, 1.807) is 6.08 Å². The highest BCUT2D eigenvalue weighted by molar-refractivity contribution is 5.92. The number of aliphatic carboxylic acids is 1. The van der Waals surface area contributed by atoms with Gasteiger partial charge in [0.1, 0.15) is 24.9 Å². The number of aliphatic hydroxyl groups is 3. The van der Waals surface area contributed by atoms with Gasteiger partial charge in [-0.1, -0.05) is 13.8 Å². The Morgan fingerprint density at radius 3 is 2.45 bits per heavy atom. The van der Waals surface area contributed by atoms with Crippen molar-refractivity contribution in [3.63, 3.8) is 0 Å². The first-order chi connectivity index (χ1) is 18.8. The van der Waals surface area contributed by atoms with Crippen molar-refractivity contribution in [1.29, 1.82) is 0 Å². The van der Waals surface area contributed by atoms with Crippen LogP contribution in [-0.2, 0) is 28.7 Å². The highest BCUT2D eigenvalue weighted by atomic mass is 16.7. The second-order valence-electron chi connectivity index (χ2n) is 13.0. The molecular weight excluding hydrogens is 522 g/mol. The smallest absolute Gasteiger partial charge is 0.335 e. The van der Waals surface area contributed by atoms with Gasteiger partial charge in [0.2, 0.25) is 5.91 Å². The van der Waals surface area contributed by atoms with Crippen LogP contribution in [-0.4, -0.2) is 87.2 Å². The van der Waals surface area contributed by atoms with Crippen molar-refractivity contribution in [3.8, 4) is 0 Å². The van der Waals surface area contributed by atoms with E-state index < -0.39 is 43.3 Å². The molecule has 5 aliphatic rings. The van der Waals surface area contributed by atoms with Gasteiger partial charge in [-0.3, -0.25) is 14.4 Å². The Morgan fingerprint density at radius 1 is 1.05 bits per heavy atom. The summed E-state index contributed by atoms with van der Waals surface area (Å²) in [6.07, 6.45) is -1.67. The summed E-state index contributed by atoms with van der Waals surface area (Å²) in [6, 6.07) is -0.206. The van der Waals surface area contributed by atoms with Crippen LogP contribution in [0.5, 0.6) is 0 Å². The molecule has 0 spiro atoms. The van der Waals surface area contributed by atoms with Crippen molar-refractivity contribution in [2.45, 2.75) is 102 Å².